The van der Waals surface area contributed by atoms with Gasteiger partial charge in [-0.1, -0.05) is 61.9 Å². The van der Waals surface area contributed by atoms with Crippen molar-refractivity contribution >= 4 is 22.2 Å². The molecule has 0 spiro atoms. The van der Waals surface area contributed by atoms with Gasteiger partial charge in [-0.3, -0.25) is 0 Å². The Balaban J connectivity index is 1.97. The van der Waals surface area contributed by atoms with Gasteiger partial charge in [-0.2, -0.15) is 5.26 Å². The summed E-state index contributed by atoms with van der Waals surface area (Å²) in [7, 11) is 0. The summed E-state index contributed by atoms with van der Waals surface area (Å²) in [6.45, 7) is 3.22. The van der Waals surface area contributed by atoms with Crippen LogP contribution in [0.4, 0.5) is 0 Å². The van der Waals surface area contributed by atoms with E-state index in [1.807, 2.05) is 11.4 Å². The molecule has 2 aromatic heterocycles. The summed E-state index contributed by atoms with van der Waals surface area (Å²) in [5.41, 5.74) is 4.88. The molecule has 4 aromatic rings. The molecule has 1 unspecified atom stereocenters. The number of nitrogens with zero attached hydrogens (tertiary/aromatic N) is 2. The van der Waals surface area contributed by atoms with E-state index >= 15 is 0 Å². The van der Waals surface area contributed by atoms with E-state index in [0.29, 0.717) is 0 Å². The number of aromatic nitrogens is 1. The summed E-state index contributed by atoms with van der Waals surface area (Å²) >= 11 is 1.53. The van der Waals surface area contributed by atoms with E-state index in [1.165, 1.54) is 33.5 Å². The zero-order chi connectivity index (χ0) is 18.6. The molecule has 4 rings (SSSR count). The van der Waals surface area contributed by atoms with Gasteiger partial charge in [0.25, 0.3) is 0 Å². The van der Waals surface area contributed by atoms with E-state index in [-0.39, 0.29) is 5.92 Å². The first kappa shape index (κ1) is 17.6. The smallest absolute Gasteiger partial charge is 0.110 e. The standard InChI is InChI=1S/C24H22N2S/c1-2-3-14-26-21-12-8-7-11-19(21)16-22(26)24(18-9-5-4-6-10-18)20-13-15-27-23(20)17-25/h4-13,15-16,24H,2-3,14H2,1H3. The van der Waals surface area contributed by atoms with E-state index in [0.717, 1.165) is 29.8 Å². The minimum Gasteiger partial charge on any atom is -0.344 e. The van der Waals surface area contributed by atoms with Gasteiger partial charge < -0.3 is 4.57 Å². The van der Waals surface area contributed by atoms with Gasteiger partial charge in [-0.15, -0.1) is 11.3 Å². The molecule has 0 fully saturated rings. The maximum atomic E-state index is 9.65. The molecule has 0 amide bonds. The molecule has 0 aliphatic carbocycles. The molecule has 3 heteroatoms. The number of benzene rings is 2. The Kier molecular flexibility index (Phi) is 5.09. The summed E-state index contributed by atoms with van der Waals surface area (Å²) in [6, 6.07) is 26.0. The van der Waals surface area contributed by atoms with Gasteiger partial charge in [-0.05, 0) is 46.5 Å². The Hall–Kier alpha value is -2.83. The molecule has 1 atom stereocenters. The lowest BCUT2D eigenvalue weighted by Crippen LogP contribution is -2.11. The number of hydrogen-bond acceptors (Lipinski definition) is 2. The monoisotopic (exact) mass is 370 g/mol. The molecule has 0 saturated carbocycles. The molecule has 0 radical (unpaired) electrons. The molecule has 0 saturated heterocycles. The summed E-state index contributed by atoms with van der Waals surface area (Å²) in [6.07, 6.45) is 2.30. The number of aryl methyl sites for hydroxylation is 1. The number of para-hydroxylation sites is 1. The minimum atomic E-state index is 0.0661. The third-order valence-electron chi connectivity index (χ3n) is 5.11. The van der Waals surface area contributed by atoms with Crippen molar-refractivity contribution < 1.29 is 0 Å². The molecular weight excluding hydrogens is 348 g/mol. The third-order valence-corrected chi connectivity index (χ3v) is 5.95. The van der Waals surface area contributed by atoms with Crippen LogP contribution in [0.15, 0.2) is 72.1 Å². The Bertz CT molecular complexity index is 1080. The number of hydrogen-bond donors (Lipinski definition) is 0. The second-order valence-electron chi connectivity index (χ2n) is 6.79. The van der Waals surface area contributed by atoms with Crippen LogP contribution in [0.1, 0.15) is 47.4 Å². The second kappa shape index (κ2) is 7.82. The lowest BCUT2D eigenvalue weighted by atomic mass is 9.88. The van der Waals surface area contributed by atoms with Crippen LogP contribution in [0.3, 0.4) is 0 Å². The Labute approximate surface area is 164 Å². The third kappa shape index (κ3) is 3.29. The highest BCUT2D eigenvalue weighted by atomic mass is 32.1. The molecule has 0 N–H and O–H groups in total. The summed E-state index contributed by atoms with van der Waals surface area (Å²) in [4.78, 5) is 0.802. The van der Waals surface area contributed by atoms with Gasteiger partial charge in [-0.25, -0.2) is 0 Å². The second-order valence-corrected chi connectivity index (χ2v) is 7.71. The summed E-state index contributed by atoms with van der Waals surface area (Å²) < 4.78 is 2.45. The van der Waals surface area contributed by atoms with Crippen molar-refractivity contribution in [3.63, 3.8) is 0 Å². The molecule has 2 heterocycles. The predicted molar refractivity (Wildman–Crippen MR) is 113 cm³/mol. The van der Waals surface area contributed by atoms with Crippen molar-refractivity contribution in [1.82, 2.24) is 4.57 Å². The van der Waals surface area contributed by atoms with E-state index in [2.05, 4.69) is 78.2 Å². The molecule has 0 aliphatic heterocycles. The highest BCUT2D eigenvalue weighted by molar-refractivity contribution is 7.10. The quantitative estimate of drug-likeness (QED) is 0.378. The van der Waals surface area contributed by atoms with Gasteiger partial charge in [0.1, 0.15) is 10.9 Å². The van der Waals surface area contributed by atoms with E-state index in [4.69, 9.17) is 0 Å². The van der Waals surface area contributed by atoms with Crippen molar-refractivity contribution in [2.24, 2.45) is 0 Å². The highest BCUT2D eigenvalue weighted by Gasteiger charge is 2.25. The predicted octanol–water partition coefficient (Wildman–Crippen LogP) is 6.55. The molecule has 27 heavy (non-hydrogen) atoms. The van der Waals surface area contributed by atoms with Gasteiger partial charge in [0.05, 0.1) is 5.92 Å². The van der Waals surface area contributed by atoms with E-state index in [1.54, 1.807) is 0 Å². The minimum absolute atomic E-state index is 0.0661. The molecule has 0 aliphatic rings. The largest absolute Gasteiger partial charge is 0.344 e. The van der Waals surface area contributed by atoms with Crippen molar-refractivity contribution in [2.75, 3.05) is 0 Å². The van der Waals surface area contributed by atoms with Gasteiger partial charge in [0, 0.05) is 17.8 Å². The average Bonchev–Trinajstić information content (AvgIpc) is 3.32. The zero-order valence-corrected chi connectivity index (χ0v) is 16.2. The average molecular weight is 371 g/mol. The fourth-order valence-electron chi connectivity index (χ4n) is 3.83. The Morgan fingerprint density at radius 3 is 2.59 bits per heavy atom. The SMILES string of the molecule is CCCCn1c(C(c2ccccc2)c2ccsc2C#N)cc2ccccc21. The summed E-state index contributed by atoms with van der Waals surface area (Å²) in [5.74, 6) is 0.0661. The normalized spacial score (nSPS) is 12.1. The topological polar surface area (TPSA) is 28.7 Å². The fourth-order valence-corrected chi connectivity index (χ4v) is 4.55. The van der Waals surface area contributed by atoms with Crippen LogP contribution in [-0.2, 0) is 6.54 Å². The lowest BCUT2D eigenvalue weighted by Gasteiger charge is -2.21. The Morgan fingerprint density at radius 2 is 1.81 bits per heavy atom. The lowest BCUT2D eigenvalue weighted by molar-refractivity contribution is 0.620. The molecule has 2 nitrogen and oxygen atoms in total. The van der Waals surface area contributed by atoms with Crippen LogP contribution < -0.4 is 0 Å². The maximum absolute atomic E-state index is 9.65. The summed E-state index contributed by atoms with van der Waals surface area (Å²) in [5, 5.41) is 12.9. The zero-order valence-electron chi connectivity index (χ0n) is 15.4. The van der Waals surface area contributed by atoms with Crippen molar-refractivity contribution in [3.05, 3.63) is 93.8 Å². The molecule has 0 bridgehead atoms. The number of fused-ring (bicyclic) bond motifs is 1. The van der Waals surface area contributed by atoms with Gasteiger partial charge >= 0.3 is 0 Å². The highest BCUT2D eigenvalue weighted by Crippen LogP contribution is 2.38. The van der Waals surface area contributed by atoms with Crippen LogP contribution in [0.5, 0.6) is 0 Å². The molecule has 134 valence electrons. The maximum Gasteiger partial charge on any atom is 0.110 e. The number of unbranched alkanes of at least 4 members (excludes halogenated alkanes) is 1. The molecule has 2 aromatic carbocycles. The first-order chi connectivity index (χ1) is 13.3. The molecular formula is C24H22N2S. The van der Waals surface area contributed by atoms with Crippen molar-refractivity contribution in [1.29, 1.82) is 5.26 Å². The first-order valence-corrected chi connectivity index (χ1v) is 10.3. The van der Waals surface area contributed by atoms with E-state index in [9.17, 15) is 5.26 Å². The van der Waals surface area contributed by atoms with Gasteiger partial charge in [0.2, 0.25) is 0 Å². The first-order valence-electron chi connectivity index (χ1n) is 9.44. The number of thiophene rings is 1. The van der Waals surface area contributed by atoms with Crippen molar-refractivity contribution in [3.8, 4) is 6.07 Å². The van der Waals surface area contributed by atoms with E-state index < -0.39 is 0 Å². The van der Waals surface area contributed by atoms with Crippen LogP contribution in [0.25, 0.3) is 10.9 Å². The van der Waals surface area contributed by atoms with Crippen molar-refractivity contribution in [2.45, 2.75) is 32.2 Å². The van der Waals surface area contributed by atoms with Crippen LogP contribution in [0, 0.1) is 11.3 Å². The van der Waals surface area contributed by atoms with Crippen LogP contribution in [-0.4, -0.2) is 4.57 Å². The Morgan fingerprint density at radius 1 is 1.04 bits per heavy atom. The number of nitriles is 1. The van der Waals surface area contributed by atoms with Crippen LogP contribution in [0.2, 0.25) is 0 Å². The van der Waals surface area contributed by atoms with Gasteiger partial charge in [0.15, 0.2) is 0 Å². The van der Waals surface area contributed by atoms with Crippen LogP contribution >= 0.6 is 11.3 Å². The number of rotatable bonds is 6. The fraction of sp³-hybridized carbons (Fsp3) is 0.208.